The molecule has 1 aromatic carbocycles. The molecule has 0 aromatic heterocycles. The Kier molecular flexibility index (Phi) is 6.39. The minimum atomic E-state index is -0.656. The molecule has 2 atom stereocenters. The van der Waals surface area contributed by atoms with Crippen molar-refractivity contribution in [1.82, 2.24) is 0 Å². The quantitative estimate of drug-likeness (QED) is 0.552. The van der Waals surface area contributed by atoms with Crippen molar-refractivity contribution in [2.24, 2.45) is 0 Å². The molecule has 1 unspecified atom stereocenters. The second kappa shape index (κ2) is 7.84. The molecular formula is C14H20O4. The molecule has 0 amide bonds. The van der Waals surface area contributed by atoms with Gasteiger partial charge < -0.3 is 14.2 Å². The summed E-state index contributed by atoms with van der Waals surface area (Å²) in [5.74, 6) is -0.372. The highest BCUT2D eigenvalue weighted by atomic mass is 16.7. The zero-order valence-corrected chi connectivity index (χ0v) is 11.1. The standard InChI is InChI=1S/C14H20O4/c1-4-16-14(18-12(3)15)11(2)17-10-13-8-6-5-7-9-13/h5-9,11,14H,4,10H2,1-3H3/t11-,14?/m0/s1. The van der Waals surface area contributed by atoms with Gasteiger partial charge in [-0.1, -0.05) is 30.3 Å². The fourth-order valence-corrected chi connectivity index (χ4v) is 1.47. The maximum absolute atomic E-state index is 10.9. The maximum atomic E-state index is 10.9. The zero-order chi connectivity index (χ0) is 13.4. The van der Waals surface area contributed by atoms with Gasteiger partial charge in [-0.05, 0) is 19.4 Å². The van der Waals surface area contributed by atoms with Gasteiger partial charge in [-0.15, -0.1) is 0 Å². The second-order valence-electron chi connectivity index (χ2n) is 3.93. The Bertz CT molecular complexity index is 350. The fraction of sp³-hybridized carbons (Fsp3) is 0.500. The molecule has 1 aromatic rings. The molecule has 0 N–H and O–H groups in total. The molecule has 1 rings (SSSR count). The van der Waals surface area contributed by atoms with Crippen LogP contribution in [0.25, 0.3) is 0 Å². The third-order valence-electron chi connectivity index (χ3n) is 2.35. The van der Waals surface area contributed by atoms with Crippen LogP contribution in [0.5, 0.6) is 0 Å². The Morgan fingerprint density at radius 1 is 1.22 bits per heavy atom. The second-order valence-corrected chi connectivity index (χ2v) is 3.93. The first kappa shape index (κ1) is 14.7. The normalized spacial score (nSPS) is 13.9. The van der Waals surface area contributed by atoms with E-state index in [4.69, 9.17) is 14.2 Å². The van der Waals surface area contributed by atoms with Crippen LogP contribution in [0.3, 0.4) is 0 Å². The van der Waals surface area contributed by atoms with Gasteiger partial charge in [0, 0.05) is 13.5 Å². The molecule has 0 saturated carbocycles. The van der Waals surface area contributed by atoms with Crippen LogP contribution in [-0.4, -0.2) is 25.0 Å². The molecule has 0 fully saturated rings. The number of rotatable bonds is 7. The largest absolute Gasteiger partial charge is 0.433 e. The molecule has 0 bridgehead atoms. The van der Waals surface area contributed by atoms with Crippen LogP contribution in [0.15, 0.2) is 30.3 Å². The van der Waals surface area contributed by atoms with E-state index in [0.717, 1.165) is 5.56 Å². The van der Waals surface area contributed by atoms with E-state index < -0.39 is 6.29 Å². The van der Waals surface area contributed by atoms with Crippen molar-refractivity contribution in [3.05, 3.63) is 35.9 Å². The number of carbonyl (C=O) groups excluding carboxylic acids is 1. The minimum absolute atomic E-state index is 0.311. The van der Waals surface area contributed by atoms with Crippen molar-refractivity contribution in [3.8, 4) is 0 Å². The first-order chi connectivity index (χ1) is 8.63. The highest BCUT2D eigenvalue weighted by Crippen LogP contribution is 2.10. The topological polar surface area (TPSA) is 44.8 Å². The van der Waals surface area contributed by atoms with Crippen LogP contribution in [0, 0.1) is 0 Å². The monoisotopic (exact) mass is 252 g/mol. The SMILES string of the molecule is CCOC(OC(C)=O)[C@H](C)OCc1ccccc1. The van der Waals surface area contributed by atoms with Gasteiger partial charge in [-0.3, -0.25) is 4.79 Å². The predicted octanol–water partition coefficient (Wildman–Crippen LogP) is 2.52. The molecule has 0 spiro atoms. The van der Waals surface area contributed by atoms with E-state index in [-0.39, 0.29) is 12.1 Å². The molecule has 0 aliphatic carbocycles. The van der Waals surface area contributed by atoms with Gasteiger partial charge in [-0.2, -0.15) is 0 Å². The summed E-state index contributed by atoms with van der Waals surface area (Å²) >= 11 is 0. The van der Waals surface area contributed by atoms with Gasteiger partial charge in [0.05, 0.1) is 6.61 Å². The molecule has 0 aliphatic rings. The molecule has 0 radical (unpaired) electrons. The zero-order valence-electron chi connectivity index (χ0n) is 11.1. The lowest BCUT2D eigenvalue weighted by Crippen LogP contribution is -2.33. The minimum Gasteiger partial charge on any atom is -0.433 e. The summed E-state index contributed by atoms with van der Waals surface area (Å²) < 4.78 is 16.0. The van der Waals surface area contributed by atoms with Crippen LogP contribution < -0.4 is 0 Å². The third-order valence-corrected chi connectivity index (χ3v) is 2.35. The molecule has 0 saturated heterocycles. The average molecular weight is 252 g/mol. The number of benzene rings is 1. The van der Waals surface area contributed by atoms with E-state index in [1.54, 1.807) is 0 Å². The van der Waals surface area contributed by atoms with Crippen molar-refractivity contribution < 1.29 is 19.0 Å². The summed E-state index contributed by atoms with van der Waals surface area (Å²) in [4.78, 5) is 10.9. The average Bonchev–Trinajstić information content (AvgIpc) is 2.36. The Morgan fingerprint density at radius 2 is 1.89 bits per heavy atom. The third kappa shape index (κ3) is 5.29. The first-order valence-electron chi connectivity index (χ1n) is 6.07. The van der Waals surface area contributed by atoms with E-state index in [2.05, 4.69) is 0 Å². The highest BCUT2D eigenvalue weighted by Gasteiger charge is 2.21. The van der Waals surface area contributed by atoms with Gasteiger partial charge in [0.1, 0.15) is 6.10 Å². The Hall–Kier alpha value is -1.39. The summed E-state index contributed by atoms with van der Waals surface area (Å²) in [6.45, 7) is 5.96. The van der Waals surface area contributed by atoms with Crippen molar-refractivity contribution in [3.63, 3.8) is 0 Å². The van der Waals surface area contributed by atoms with E-state index in [1.807, 2.05) is 44.2 Å². The summed E-state index contributed by atoms with van der Waals surface area (Å²) in [6, 6.07) is 9.82. The number of ether oxygens (including phenoxy) is 3. The van der Waals surface area contributed by atoms with Gasteiger partial charge in [0.2, 0.25) is 6.29 Å². The molecule has 0 aliphatic heterocycles. The lowest BCUT2D eigenvalue weighted by Gasteiger charge is -2.23. The lowest BCUT2D eigenvalue weighted by atomic mass is 10.2. The van der Waals surface area contributed by atoms with Gasteiger partial charge >= 0.3 is 5.97 Å². The van der Waals surface area contributed by atoms with Crippen molar-refractivity contribution in [2.45, 2.75) is 39.8 Å². The molecule has 4 nitrogen and oxygen atoms in total. The van der Waals surface area contributed by atoms with Crippen LogP contribution in [-0.2, 0) is 25.6 Å². The summed E-state index contributed by atoms with van der Waals surface area (Å²) in [6.07, 6.45) is -0.967. The first-order valence-corrected chi connectivity index (χ1v) is 6.07. The van der Waals surface area contributed by atoms with Crippen LogP contribution >= 0.6 is 0 Å². The molecule has 100 valence electrons. The van der Waals surface area contributed by atoms with E-state index in [9.17, 15) is 4.79 Å². The predicted molar refractivity (Wildman–Crippen MR) is 67.9 cm³/mol. The number of carbonyl (C=O) groups is 1. The van der Waals surface area contributed by atoms with Crippen LogP contribution in [0.1, 0.15) is 26.3 Å². The van der Waals surface area contributed by atoms with Gasteiger partial charge in [0.15, 0.2) is 0 Å². The summed E-state index contributed by atoms with van der Waals surface area (Å²) in [5, 5.41) is 0. The van der Waals surface area contributed by atoms with Crippen molar-refractivity contribution in [2.75, 3.05) is 6.61 Å². The van der Waals surface area contributed by atoms with Crippen molar-refractivity contribution >= 4 is 5.97 Å². The summed E-state index contributed by atoms with van der Waals surface area (Å²) in [5.41, 5.74) is 1.07. The fourth-order valence-electron chi connectivity index (χ4n) is 1.47. The highest BCUT2D eigenvalue weighted by molar-refractivity contribution is 5.66. The Balaban J connectivity index is 2.45. The maximum Gasteiger partial charge on any atom is 0.305 e. The number of esters is 1. The molecule has 0 heterocycles. The van der Waals surface area contributed by atoms with E-state index >= 15 is 0 Å². The number of hydrogen-bond donors (Lipinski definition) is 0. The van der Waals surface area contributed by atoms with Crippen LogP contribution in [0.2, 0.25) is 0 Å². The Morgan fingerprint density at radius 3 is 2.44 bits per heavy atom. The molecule has 18 heavy (non-hydrogen) atoms. The lowest BCUT2D eigenvalue weighted by molar-refractivity contribution is -0.206. The Labute approximate surface area is 108 Å². The van der Waals surface area contributed by atoms with E-state index in [1.165, 1.54) is 6.92 Å². The molecular weight excluding hydrogens is 232 g/mol. The van der Waals surface area contributed by atoms with Crippen molar-refractivity contribution in [1.29, 1.82) is 0 Å². The summed E-state index contributed by atoms with van der Waals surface area (Å²) in [7, 11) is 0. The smallest absolute Gasteiger partial charge is 0.305 e. The molecule has 4 heteroatoms. The van der Waals surface area contributed by atoms with E-state index in [0.29, 0.717) is 13.2 Å². The van der Waals surface area contributed by atoms with Gasteiger partial charge in [0.25, 0.3) is 0 Å². The van der Waals surface area contributed by atoms with Crippen LogP contribution in [0.4, 0.5) is 0 Å². The van der Waals surface area contributed by atoms with Gasteiger partial charge in [-0.25, -0.2) is 0 Å². The number of hydrogen-bond acceptors (Lipinski definition) is 4.